The number of rotatable bonds is 3. The number of nitrogens with zero attached hydrogens (tertiary/aromatic N) is 2. The highest BCUT2D eigenvalue weighted by atomic mass is 79.9. The molecule has 16 heavy (non-hydrogen) atoms. The molecule has 1 unspecified atom stereocenters. The number of hydrogen-bond acceptors (Lipinski definition) is 2. The van der Waals surface area contributed by atoms with Crippen molar-refractivity contribution in [1.29, 1.82) is 0 Å². The van der Waals surface area contributed by atoms with Gasteiger partial charge < -0.3 is 0 Å². The molecule has 1 saturated heterocycles. The summed E-state index contributed by atoms with van der Waals surface area (Å²) in [5, 5.41) is 0. The van der Waals surface area contributed by atoms with Gasteiger partial charge in [-0.15, -0.1) is 0 Å². The maximum absolute atomic E-state index is 12.6. The molecule has 2 rings (SSSR count). The number of pyridine rings is 1. The van der Waals surface area contributed by atoms with Crippen LogP contribution in [0.5, 0.6) is 0 Å². The van der Waals surface area contributed by atoms with Gasteiger partial charge in [0.2, 0.25) is 0 Å². The summed E-state index contributed by atoms with van der Waals surface area (Å²) in [4.78, 5) is 6.46. The van der Waals surface area contributed by atoms with Crippen LogP contribution in [-0.2, 0) is 6.54 Å². The minimum Gasteiger partial charge on any atom is -0.299 e. The molecule has 0 saturated carbocycles. The van der Waals surface area contributed by atoms with Crippen molar-refractivity contribution in [3.63, 3.8) is 0 Å². The van der Waals surface area contributed by atoms with Crippen LogP contribution in [0.15, 0.2) is 22.9 Å². The van der Waals surface area contributed by atoms with Crippen LogP contribution in [0.1, 0.15) is 18.4 Å². The smallest absolute Gasteiger partial charge is 0.0934 e. The van der Waals surface area contributed by atoms with Crippen LogP contribution in [0.4, 0.5) is 4.39 Å². The van der Waals surface area contributed by atoms with Gasteiger partial charge in [-0.2, -0.15) is 0 Å². The van der Waals surface area contributed by atoms with E-state index in [2.05, 4.69) is 31.9 Å². The first kappa shape index (κ1) is 12.0. The van der Waals surface area contributed by atoms with Crippen LogP contribution in [0, 0.1) is 5.92 Å². The second-order valence-electron chi connectivity index (χ2n) is 4.41. The van der Waals surface area contributed by atoms with Crippen LogP contribution in [-0.4, -0.2) is 29.6 Å². The molecule has 1 atom stereocenters. The summed E-state index contributed by atoms with van der Waals surface area (Å²) in [5.74, 6) is 0.230. The van der Waals surface area contributed by atoms with Crippen molar-refractivity contribution in [3.8, 4) is 0 Å². The standard InChI is InChI=1S/C12H16BrFN2/c13-12-4-11(6-15-7-12)9-16-3-1-2-10(5-14)8-16/h4,6-7,10H,1-3,5,8-9H2. The van der Waals surface area contributed by atoms with Gasteiger partial charge in [0.05, 0.1) is 6.67 Å². The molecule has 88 valence electrons. The Kier molecular flexibility index (Phi) is 4.29. The van der Waals surface area contributed by atoms with Crippen molar-refractivity contribution >= 4 is 15.9 Å². The molecule has 0 aliphatic carbocycles. The topological polar surface area (TPSA) is 16.1 Å². The monoisotopic (exact) mass is 286 g/mol. The van der Waals surface area contributed by atoms with E-state index in [0.29, 0.717) is 0 Å². The van der Waals surface area contributed by atoms with Crippen molar-refractivity contribution in [3.05, 3.63) is 28.5 Å². The minimum absolute atomic E-state index is 0.187. The average Bonchev–Trinajstić information content (AvgIpc) is 2.29. The number of aromatic nitrogens is 1. The molecule has 1 aliphatic rings. The first-order valence-electron chi connectivity index (χ1n) is 5.65. The molecule has 2 heterocycles. The highest BCUT2D eigenvalue weighted by Gasteiger charge is 2.19. The van der Waals surface area contributed by atoms with E-state index in [4.69, 9.17) is 0 Å². The van der Waals surface area contributed by atoms with E-state index in [9.17, 15) is 4.39 Å². The molecule has 0 spiro atoms. The van der Waals surface area contributed by atoms with Crippen LogP contribution in [0.3, 0.4) is 0 Å². The molecular weight excluding hydrogens is 271 g/mol. The Bertz CT molecular complexity index is 346. The molecule has 1 aliphatic heterocycles. The van der Waals surface area contributed by atoms with Crippen LogP contribution in [0.2, 0.25) is 0 Å². The molecule has 0 bridgehead atoms. The zero-order chi connectivity index (χ0) is 11.4. The number of halogens is 2. The third-order valence-electron chi connectivity index (χ3n) is 2.99. The molecule has 4 heteroatoms. The van der Waals surface area contributed by atoms with Crippen LogP contribution >= 0.6 is 15.9 Å². The summed E-state index contributed by atoms with van der Waals surface area (Å²) < 4.78 is 13.6. The van der Waals surface area contributed by atoms with Crippen LogP contribution < -0.4 is 0 Å². The molecule has 1 aromatic heterocycles. The fourth-order valence-electron chi connectivity index (χ4n) is 2.22. The predicted octanol–water partition coefficient (Wildman–Crippen LogP) is 3.03. The van der Waals surface area contributed by atoms with Crippen molar-refractivity contribution in [2.45, 2.75) is 19.4 Å². The Morgan fingerprint density at radius 3 is 3.12 bits per heavy atom. The van der Waals surface area contributed by atoms with Gasteiger partial charge in [-0.05, 0) is 46.9 Å². The van der Waals surface area contributed by atoms with E-state index in [1.54, 1.807) is 6.20 Å². The highest BCUT2D eigenvalue weighted by molar-refractivity contribution is 9.10. The van der Waals surface area contributed by atoms with Gasteiger partial charge in [0.1, 0.15) is 0 Å². The number of piperidine rings is 1. The van der Waals surface area contributed by atoms with E-state index < -0.39 is 0 Å². The third kappa shape index (κ3) is 3.25. The third-order valence-corrected chi connectivity index (χ3v) is 3.42. The molecular formula is C12H16BrFN2. The molecule has 0 radical (unpaired) electrons. The van der Waals surface area contributed by atoms with Gasteiger partial charge in [0, 0.05) is 35.9 Å². The zero-order valence-corrected chi connectivity index (χ0v) is 10.8. The van der Waals surface area contributed by atoms with E-state index in [1.807, 2.05) is 6.20 Å². The summed E-state index contributed by atoms with van der Waals surface area (Å²) in [6.07, 6.45) is 5.80. The summed E-state index contributed by atoms with van der Waals surface area (Å²) >= 11 is 3.41. The van der Waals surface area contributed by atoms with E-state index in [1.165, 1.54) is 5.56 Å². The van der Waals surface area contributed by atoms with E-state index in [-0.39, 0.29) is 12.6 Å². The van der Waals surface area contributed by atoms with Gasteiger partial charge >= 0.3 is 0 Å². The van der Waals surface area contributed by atoms with Gasteiger partial charge in [0.15, 0.2) is 0 Å². The molecule has 2 nitrogen and oxygen atoms in total. The summed E-state index contributed by atoms with van der Waals surface area (Å²) in [7, 11) is 0. The molecule has 0 N–H and O–H groups in total. The fraction of sp³-hybridized carbons (Fsp3) is 0.583. The van der Waals surface area contributed by atoms with E-state index >= 15 is 0 Å². The lowest BCUT2D eigenvalue weighted by Gasteiger charge is -2.31. The van der Waals surface area contributed by atoms with Gasteiger partial charge in [-0.25, -0.2) is 0 Å². The van der Waals surface area contributed by atoms with E-state index in [0.717, 1.165) is 36.9 Å². The molecule has 0 aromatic carbocycles. The summed E-state index contributed by atoms with van der Waals surface area (Å²) in [5.41, 5.74) is 1.19. The highest BCUT2D eigenvalue weighted by Crippen LogP contribution is 2.19. The SMILES string of the molecule is FCC1CCCN(Cc2cncc(Br)c2)C1. The Labute approximate surface area is 104 Å². The van der Waals surface area contributed by atoms with Crippen molar-refractivity contribution in [2.24, 2.45) is 5.92 Å². The maximum atomic E-state index is 12.6. The predicted molar refractivity (Wildman–Crippen MR) is 65.9 cm³/mol. The lowest BCUT2D eigenvalue weighted by molar-refractivity contribution is 0.147. The minimum atomic E-state index is -0.187. The fourth-order valence-corrected chi connectivity index (χ4v) is 2.63. The Balaban J connectivity index is 1.94. The van der Waals surface area contributed by atoms with Crippen molar-refractivity contribution < 1.29 is 4.39 Å². The number of alkyl halides is 1. The van der Waals surface area contributed by atoms with Gasteiger partial charge in [0.25, 0.3) is 0 Å². The molecule has 1 fully saturated rings. The van der Waals surface area contributed by atoms with Crippen molar-refractivity contribution in [1.82, 2.24) is 9.88 Å². The molecule has 1 aromatic rings. The van der Waals surface area contributed by atoms with Crippen molar-refractivity contribution in [2.75, 3.05) is 19.8 Å². The Morgan fingerprint density at radius 1 is 1.50 bits per heavy atom. The quantitative estimate of drug-likeness (QED) is 0.849. The average molecular weight is 287 g/mol. The van der Waals surface area contributed by atoms with Gasteiger partial charge in [-0.3, -0.25) is 14.3 Å². The lowest BCUT2D eigenvalue weighted by atomic mass is 9.99. The molecule has 0 amide bonds. The Morgan fingerprint density at radius 2 is 2.38 bits per heavy atom. The largest absolute Gasteiger partial charge is 0.299 e. The normalized spacial score (nSPS) is 22.2. The lowest BCUT2D eigenvalue weighted by Crippen LogP contribution is -2.35. The zero-order valence-electron chi connectivity index (χ0n) is 9.20. The number of hydrogen-bond donors (Lipinski definition) is 0. The Hall–Kier alpha value is -0.480. The van der Waals surface area contributed by atoms with Crippen LogP contribution in [0.25, 0.3) is 0 Å². The maximum Gasteiger partial charge on any atom is 0.0934 e. The first-order valence-corrected chi connectivity index (χ1v) is 6.45. The first-order chi connectivity index (χ1) is 7.78. The summed E-state index contributed by atoms with van der Waals surface area (Å²) in [6.45, 7) is 2.64. The second kappa shape index (κ2) is 5.73. The second-order valence-corrected chi connectivity index (χ2v) is 5.32. The number of likely N-dealkylation sites (tertiary alicyclic amines) is 1. The van der Waals surface area contributed by atoms with Gasteiger partial charge in [-0.1, -0.05) is 0 Å². The summed E-state index contributed by atoms with van der Waals surface area (Å²) in [6, 6.07) is 2.08.